The molecule has 0 bridgehead atoms. The summed E-state index contributed by atoms with van der Waals surface area (Å²) in [6.07, 6.45) is 4.72. The molecule has 1 amide bonds. The van der Waals surface area contributed by atoms with Gasteiger partial charge in [0.05, 0.1) is 10.6 Å². The largest absolute Gasteiger partial charge is 0.306 e. The molecule has 0 aliphatic rings. The number of aromatic nitrogens is 4. The SMILES string of the molecule is O=C(Nc1cc(-n2cccn2)ncn1)c1ccc(Cl)cc1Cl. The van der Waals surface area contributed by atoms with Crippen molar-refractivity contribution in [3.8, 4) is 5.82 Å². The fraction of sp³-hybridized carbons (Fsp3) is 0. The summed E-state index contributed by atoms with van der Waals surface area (Å²) in [6.45, 7) is 0. The zero-order valence-corrected chi connectivity index (χ0v) is 12.6. The van der Waals surface area contributed by atoms with Gasteiger partial charge >= 0.3 is 0 Å². The van der Waals surface area contributed by atoms with Gasteiger partial charge in [-0.3, -0.25) is 4.79 Å². The molecular weight excluding hydrogens is 325 g/mol. The van der Waals surface area contributed by atoms with E-state index in [2.05, 4.69) is 20.4 Å². The van der Waals surface area contributed by atoms with E-state index in [0.29, 0.717) is 22.2 Å². The van der Waals surface area contributed by atoms with Crippen molar-refractivity contribution in [2.24, 2.45) is 0 Å². The Balaban J connectivity index is 1.84. The van der Waals surface area contributed by atoms with Gasteiger partial charge in [-0.1, -0.05) is 23.2 Å². The van der Waals surface area contributed by atoms with Crippen molar-refractivity contribution in [3.05, 3.63) is 64.7 Å². The van der Waals surface area contributed by atoms with Crippen molar-refractivity contribution in [1.29, 1.82) is 0 Å². The fourth-order valence-corrected chi connectivity index (χ4v) is 2.30. The van der Waals surface area contributed by atoms with Crippen LogP contribution < -0.4 is 5.32 Å². The molecule has 0 radical (unpaired) electrons. The summed E-state index contributed by atoms with van der Waals surface area (Å²) in [7, 11) is 0. The second-order valence-corrected chi connectivity index (χ2v) is 5.13. The molecule has 0 atom stereocenters. The van der Waals surface area contributed by atoms with Crippen LogP contribution in [0.2, 0.25) is 10.0 Å². The van der Waals surface area contributed by atoms with Crippen molar-refractivity contribution in [2.45, 2.75) is 0 Å². The van der Waals surface area contributed by atoms with Crippen LogP contribution in [0.3, 0.4) is 0 Å². The number of rotatable bonds is 3. The third-order valence-corrected chi connectivity index (χ3v) is 3.36. The first-order chi connectivity index (χ1) is 10.6. The Labute approximate surface area is 135 Å². The molecule has 22 heavy (non-hydrogen) atoms. The molecule has 2 heterocycles. The van der Waals surface area contributed by atoms with E-state index in [4.69, 9.17) is 23.2 Å². The van der Waals surface area contributed by atoms with Crippen LogP contribution in [0.15, 0.2) is 49.1 Å². The Bertz CT molecular complexity index is 820. The number of carbonyl (C=O) groups excluding carboxylic acids is 1. The number of carbonyl (C=O) groups is 1. The summed E-state index contributed by atoms with van der Waals surface area (Å²) in [5, 5.41) is 7.46. The molecule has 0 saturated heterocycles. The molecule has 0 spiro atoms. The lowest BCUT2D eigenvalue weighted by Crippen LogP contribution is -2.14. The van der Waals surface area contributed by atoms with E-state index in [1.807, 2.05) is 0 Å². The van der Waals surface area contributed by atoms with Crippen LogP contribution in [0, 0.1) is 0 Å². The van der Waals surface area contributed by atoms with Gasteiger partial charge in [0.1, 0.15) is 12.1 Å². The number of nitrogens with zero attached hydrogens (tertiary/aromatic N) is 4. The molecule has 0 fully saturated rings. The molecule has 0 aliphatic heterocycles. The second kappa shape index (κ2) is 6.13. The molecule has 2 aromatic heterocycles. The zero-order chi connectivity index (χ0) is 15.5. The highest BCUT2D eigenvalue weighted by Crippen LogP contribution is 2.21. The number of halogens is 2. The van der Waals surface area contributed by atoms with Gasteiger partial charge in [-0.2, -0.15) is 5.10 Å². The third kappa shape index (κ3) is 3.08. The maximum absolute atomic E-state index is 12.2. The maximum Gasteiger partial charge on any atom is 0.258 e. The van der Waals surface area contributed by atoms with Crippen molar-refractivity contribution < 1.29 is 4.79 Å². The van der Waals surface area contributed by atoms with Crippen LogP contribution in [-0.4, -0.2) is 25.7 Å². The quantitative estimate of drug-likeness (QED) is 0.798. The first kappa shape index (κ1) is 14.5. The number of hydrogen-bond acceptors (Lipinski definition) is 4. The monoisotopic (exact) mass is 333 g/mol. The van der Waals surface area contributed by atoms with E-state index in [0.717, 1.165) is 0 Å². The van der Waals surface area contributed by atoms with Crippen molar-refractivity contribution in [1.82, 2.24) is 19.7 Å². The molecule has 0 saturated carbocycles. The van der Waals surface area contributed by atoms with E-state index < -0.39 is 0 Å². The fourth-order valence-electron chi connectivity index (χ4n) is 1.80. The Morgan fingerprint density at radius 2 is 2.05 bits per heavy atom. The van der Waals surface area contributed by atoms with Gasteiger partial charge in [0.15, 0.2) is 5.82 Å². The molecule has 8 heteroatoms. The first-order valence-corrected chi connectivity index (χ1v) is 6.97. The van der Waals surface area contributed by atoms with E-state index in [1.165, 1.54) is 12.4 Å². The lowest BCUT2D eigenvalue weighted by Gasteiger charge is -2.07. The van der Waals surface area contributed by atoms with Crippen LogP contribution in [-0.2, 0) is 0 Å². The summed E-state index contributed by atoms with van der Waals surface area (Å²) in [4.78, 5) is 20.3. The van der Waals surface area contributed by atoms with Gasteiger partial charge in [-0.15, -0.1) is 0 Å². The van der Waals surface area contributed by atoms with Crippen molar-refractivity contribution in [3.63, 3.8) is 0 Å². The van der Waals surface area contributed by atoms with Crippen LogP contribution in [0.1, 0.15) is 10.4 Å². The minimum absolute atomic E-state index is 0.270. The highest BCUT2D eigenvalue weighted by molar-refractivity contribution is 6.37. The smallest absolute Gasteiger partial charge is 0.258 e. The second-order valence-electron chi connectivity index (χ2n) is 4.29. The van der Waals surface area contributed by atoms with E-state index in [9.17, 15) is 4.79 Å². The number of amides is 1. The van der Waals surface area contributed by atoms with Crippen LogP contribution in [0.5, 0.6) is 0 Å². The summed E-state index contributed by atoms with van der Waals surface area (Å²) in [6, 6.07) is 8.03. The van der Waals surface area contributed by atoms with Crippen LogP contribution in [0.25, 0.3) is 5.82 Å². The Morgan fingerprint density at radius 3 is 2.77 bits per heavy atom. The molecule has 0 aliphatic carbocycles. The Hall–Kier alpha value is -2.44. The number of benzene rings is 1. The van der Waals surface area contributed by atoms with E-state index in [-0.39, 0.29) is 10.9 Å². The lowest BCUT2D eigenvalue weighted by atomic mass is 10.2. The predicted molar refractivity (Wildman–Crippen MR) is 83.6 cm³/mol. The number of anilines is 1. The van der Waals surface area contributed by atoms with Crippen LogP contribution in [0.4, 0.5) is 5.82 Å². The standard InChI is InChI=1S/C14H9Cl2N5O/c15-9-2-3-10(11(16)6-9)14(22)20-12-7-13(18-8-17-12)21-5-1-4-19-21/h1-8H,(H,17,18,20,22). The molecule has 3 aromatic rings. The Morgan fingerprint density at radius 1 is 1.18 bits per heavy atom. The van der Waals surface area contributed by atoms with Crippen molar-refractivity contribution >= 4 is 34.9 Å². The number of nitrogens with one attached hydrogen (secondary N) is 1. The van der Waals surface area contributed by atoms with Gasteiger partial charge in [0, 0.05) is 23.5 Å². The predicted octanol–water partition coefficient (Wildman–Crippen LogP) is 3.22. The third-order valence-electron chi connectivity index (χ3n) is 2.81. The van der Waals surface area contributed by atoms with Crippen molar-refractivity contribution in [2.75, 3.05) is 5.32 Å². The van der Waals surface area contributed by atoms with E-state index in [1.54, 1.807) is 41.3 Å². The molecule has 1 aromatic carbocycles. The zero-order valence-electron chi connectivity index (χ0n) is 11.1. The highest BCUT2D eigenvalue weighted by atomic mass is 35.5. The molecule has 0 unspecified atom stereocenters. The molecule has 110 valence electrons. The highest BCUT2D eigenvalue weighted by Gasteiger charge is 2.12. The minimum Gasteiger partial charge on any atom is -0.306 e. The number of hydrogen-bond donors (Lipinski definition) is 1. The lowest BCUT2D eigenvalue weighted by molar-refractivity contribution is 0.102. The van der Waals surface area contributed by atoms with Crippen LogP contribution >= 0.6 is 23.2 Å². The average Bonchev–Trinajstić information content (AvgIpc) is 3.01. The normalized spacial score (nSPS) is 10.5. The summed E-state index contributed by atoms with van der Waals surface area (Å²) >= 11 is 11.8. The molecular formula is C14H9Cl2N5O. The van der Waals surface area contributed by atoms with Gasteiger partial charge in [-0.05, 0) is 24.3 Å². The minimum atomic E-state index is -0.383. The van der Waals surface area contributed by atoms with Gasteiger partial charge in [-0.25, -0.2) is 14.6 Å². The van der Waals surface area contributed by atoms with Gasteiger partial charge in [0.2, 0.25) is 0 Å². The molecule has 6 nitrogen and oxygen atoms in total. The maximum atomic E-state index is 12.2. The summed E-state index contributed by atoms with van der Waals surface area (Å²) < 4.78 is 1.56. The summed E-state index contributed by atoms with van der Waals surface area (Å²) in [5.41, 5.74) is 0.310. The first-order valence-electron chi connectivity index (χ1n) is 6.22. The molecule has 3 rings (SSSR count). The topological polar surface area (TPSA) is 72.7 Å². The van der Waals surface area contributed by atoms with Gasteiger partial charge in [0.25, 0.3) is 5.91 Å². The van der Waals surface area contributed by atoms with Gasteiger partial charge < -0.3 is 5.32 Å². The average molecular weight is 334 g/mol. The van der Waals surface area contributed by atoms with E-state index >= 15 is 0 Å². The molecule has 1 N–H and O–H groups in total. The summed E-state index contributed by atoms with van der Waals surface area (Å²) in [5.74, 6) is 0.501. The Kier molecular flexibility index (Phi) is 4.04.